The van der Waals surface area contributed by atoms with Gasteiger partial charge < -0.3 is 28.5 Å². The van der Waals surface area contributed by atoms with Gasteiger partial charge in [-0.3, -0.25) is 0 Å². The topological polar surface area (TPSA) is 79.7 Å². The van der Waals surface area contributed by atoms with Crippen LogP contribution in [-0.4, -0.2) is 53.6 Å². The molecule has 2 aliphatic heterocycles. The quantitative estimate of drug-likeness (QED) is 0.224. The predicted molar refractivity (Wildman–Crippen MR) is 164 cm³/mol. The number of hydrogen-bond donors (Lipinski definition) is 1. The van der Waals surface area contributed by atoms with Gasteiger partial charge in [-0.25, -0.2) is 14.4 Å². The third kappa shape index (κ3) is 5.38. The number of nitrogens with one attached hydrogen (secondary N) is 1. The van der Waals surface area contributed by atoms with Crippen LogP contribution in [0.5, 0.6) is 0 Å². The average Bonchev–Trinajstić information content (AvgIpc) is 3.57. The highest BCUT2D eigenvalue weighted by Gasteiger charge is 2.56. The van der Waals surface area contributed by atoms with E-state index < -0.39 is 20.3 Å². The van der Waals surface area contributed by atoms with Gasteiger partial charge >= 0.3 is 0 Å². The molecule has 222 valence electrons. The molecule has 0 radical (unpaired) electrons. The van der Waals surface area contributed by atoms with Crippen molar-refractivity contribution in [3.05, 3.63) is 72.9 Å². The fraction of sp³-hybridized carbons (Fsp3) is 0.438. The summed E-state index contributed by atoms with van der Waals surface area (Å²) in [5, 5.41) is 4.26. The van der Waals surface area contributed by atoms with E-state index in [4.69, 9.17) is 23.6 Å². The molecule has 4 heterocycles. The van der Waals surface area contributed by atoms with Gasteiger partial charge in [-0.1, -0.05) is 51.1 Å². The second-order valence-electron chi connectivity index (χ2n) is 13.1. The molecule has 8 nitrogen and oxygen atoms in total. The van der Waals surface area contributed by atoms with Crippen LogP contribution in [0, 0.1) is 5.82 Å². The Morgan fingerprint density at radius 3 is 2.38 bits per heavy atom. The smallest absolute Gasteiger partial charge is 0.192 e. The highest BCUT2D eigenvalue weighted by Crippen LogP contribution is 2.47. The van der Waals surface area contributed by atoms with Crippen LogP contribution in [0.4, 0.5) is 15.9 Å². The molecular weight excluding hydrogens is 551 g/mol. The van der Waals surface area contributed by atoms with Crippen molar-refractivity contribution in [2.45, 2.75) is 83.1 Å². The summed E-state index contributed by atoms with van der Waals surface area (Å²) in [6, 6.07) is 16.3. The maximum Gasteiger partial charge on any atom is 0.192 e. The Balaban J connectivity index is 1.42. The Morgan fingerprint density at radius 1 is 1.00 bits per heavy atom. The number of rotatable bonds is 7. The van der Waals surface area contributed by atoms with Crippen LogP contribution in [0.15, 0.2) is 67.1 Å². The fourth-order valence-electron chi connectivity index (χ4n) is 5.40. The van der Waals surface area contributed by atoms with Gasteiger partial charge in [0.2, 0.25) is 0 Å². The molecule has 0 spiro atoms. The largest absolute Gasteiger partial charge is 0.414 e. The first-order chi connectivity index (χ1) is 19.8. The second kappa shape index (κ2) is 10.5. The lowest BCUT2D eigenvalue weighted by molar-refractivity contribution is -0.199. The van der Waals surface area contributed by atoms with Crippen molar-refractivity contribution in [2.24, 2.45) is 0 Å². The van der Waals surface area contributed by atoms with Crippen LogP contribution in [0.25, 0.3) is 22.2 Å². The average molecular weight is 591 g/mol. The van der Waals surface area contributed by atoms with Gasteiger partial charge in [-0.2, -0.15) is 0 Å². The van der Waals surface area contributed by atoms with E-state index in [2.05, 4.69) is 62.5 Å². The summed E-state index contributed by atoms with van der Waals surface area (Å²) in [6.45, 7) is 15.5. The standard InChI is InChI=1S/C32H39FN4O4Si/c1-31(2,3)42(6,7)38-18-24-26-27(41-32(4,5)40-26)30(39-24)37-17-23(20-11-9-8-10-12-20)25-28(34-19-35-29(25)37)36-22-15-13-21(33)14-16-22/h8-17,19,24,26-27,30H,18H2,1-7H3,(H,34,35,36)/t24-,26+,27+,30+/m0/s1. The van der Waals surface area contributed by atoms with Crippen molar-refractivity contribution in [1.82, 2.24) is 14.5 Å². The van der Waals surface area contributed by atoms with Crippen molar-refractivity contribution in [1.29, 1.82) is 0 Å². The minimum Gasteiger partial charge on any atom is -0.414 e. The first-order valence-corrected chi connectivity index (χ1v) is 17.3. The van der Waals surface area contributed by atoms with Gasteiger partial charge in [0.1, 0.15) is 41.9 Å². The molecule has 1 N–H and O–H groups in total. The summed E-state index contributed by atoms with van der Waals surface area (Å²) in [5.74, 6) is -0.450. The van der Waals surface area contributed by atoms with E-state index in [1.165, 1.54) is 18.5 Å². The highest BCUT2D eigenvalue weighted by molar-refractivity contribution is 6.74. The van der Waals surface area contributed by atoms with Crippen molar-refractivity contribution in [3.63, 3.8) is 0 Å². The molecule has 6 rings (SSSR count). The fourth-order valence-corrected chi connectivity index (χ4v) is 6.42. The lowest BCUT2D eigenvalue weighted by Gasteiger charge is -2.37. The summed E-state index contributed by atoms with van der Waals surface area (Å²) in [6.07, 6.45) is 2.10. The van der Waals surface area contributed by atoms with Gasteiger partial charge in [-0.15, -0.1) is 0 Å². The van der Waals surface area contributed by atoms with E-state index in [-0.39, 0.29) is 29.2 Å². The number of benzene rings is 2. The van der Waals surface area contributed by atoms with Crippen LogP contribution >= 0.6 is 0 Å². The number of aromatic nitrogens is 3. The Labute approximate surface area is 247 Å². The molecule has 2 aromatic carbocycles. The molecule has 0 unspecified atom stereocenters. The Morgan fingerprint density at radius 2 is 1.69 bits per heavy atom. The molecule has 42 heavy (non-hydrogen) atoms. The van der Waals surface area contributed by atoms with E-state index in [0.717, 1.165) is 22.2 Å². The van der Waals surface area contributed by atoms with Crippen molar-refractivity contribution >= 4 is 30.9 Å². The van der Waals surface area contributed by atoms with Crippen molar-refractivity contribution in [2.75, 3.05) is 11.9 Å². The summed E-state index contributed by atoms with van der Waals surface area (Å²) in [5.41, 5.74) is 3.36. The van der Waals surface area contributed by atoms with Gasteiger partial charge in [0.15, 0.2) is 20.3 Å². The SMILES string of the molecule is CC1(C)O[C@@H]2[C@H](O1)[C@H](CO[Si](C)(C)C(C)(C)C)O[C@H]2n1cc(-c2ccccc2)c2c(Nc3ccc(F)cc3)ncnc21. The zero-order chi connectivity index (χ0) is 29.9. The van der Waals surface area contributed by atoms with E-state index in [9.17, 15) is 4.39 Å². The van der Waals surface area contributed by atoms with Crippen LogP contribution in [0.1, 0.15) is 40.8 Å². The van der Waals surface area contributed by atoms with Gasteiger partial charge in [-0.05, 0) is 61.8 Å². The van der Waals surface area contributed by atoms with Gasteiger partial charge in [0, 0.05) is 17.4 Å². The molecule has 2 aliphatic rings. The maximum absolute atomic E-state index is 13.6. The summed E-state index contributed by atoms with van der Waals surface area (Å²) in [4.78, 5) is 9.33. The van der Waals surface area contributed by atoms with Crippen LogP contribution in [0.3, 0.4) is 0 Å². The predicted octanol–water partition coefficient (Wildman–Crippen LogP) is 7.42. The molecular formula is C32H39FN4O4Si. The minimum atomic E-state index is -2.02. The minimum absolute atomic E-state index is 0.0722. The number of nitrogens with zero attached hydrogens (tertiary/aromatic N) is 3. The number of ether oxygens (including phenoxy) is 3. The van der Waals surface area contributed by atoms with E-state index >= 15 is 0 Å². The summed E-state index contributed by atoms with van der Waals surface area (Å²) >= 11 is 0. The first kappa shape index (κ1) is 28.9. The van der Waals surface area contributed by atoms with E-state index in [1.54, 1.807) is 12.1 Å². The van der Waals surface area contributed by atoms with Crippen LogP contribution in [-0.2, 0) is 18.6 Å². The number of anilines is 2. The lowest BCUT2D eigenvalue weighted by atomic mass is 10.1. The normalized spacial score (nSPS) is 23.8. The molecule has 0 aliphatic carbocycles. The first-order valence-electron chi connectivity index (χ1n) is 14.4. The van der Waals surface area contributed by atoms with Crippen molar-refractivity contribution < 1.29 is 23.0 Å². The Bertz CT molecular complexity index is 1570. The number of hydrogen-bond acceptors (Lipinski definition) is 7. The van der Waals surface area contributed by atoms with Crippen molar-refractivity contribution in [3.8, 4) is 11.1 Å². The van der Waals surface area contributed by atoms with Crippen LogP contribution < -0.4 is 5.32 Å². The zero-order valence-corrected chi connectivity index (χ0v) is 26.2. The van der Waals surface area contributed by atoms with Gasteiger partial charge in [0.25, 0.3) is 0 Å². The molecule has 0 bridgehead atoms. The molecule has 10 heteroatoms. The highest BCUT2D eigenvalue weighted by atomic mass is 28.4. The lowest BCUT2D eigenvalue weighted by Crippen LogP contribution is -2.44. The van der Waals surface area contributed by atoms with Crippen LogP contribution in [0.2, 0.25) is 18.1 Å². The number of halogens is 1. The summed E-state index contributed by atoms with van der Waals surface area (Å²) < 4.78 is 41.8. The third-order valence-electron chi connectivity index (χ3n) is 8.62. The Hall–Kier alpha value is -3.15. The zero-order valence-electron chi connectivity index (χ0n) is 25.2. The van der Waals surface area contributed by atoms with E-state index in [0.29, 0.717) is 18.1 Å². The molecule has 2 fully saturated rings. The molecule has 0 amide bonds. The maximum atomic E-state index is 13.6. The Kier molecular flexibility index (Phi) is 7.26. The number of fused-ring (bicyclic) bond motifs is 2. The molecule has 4 atom stereocenters. The second-order valence-corrected chi connectivity index (χ2v) is 17.9. The monoisotopic (exact) mass is 590 g/mol. The molecule has 0 saturated carbocycles. The molecule has 2 aromatic heterocycles. The molecule has 2 saturated heterocycles. The summed E-state index contributed by atoms with van der Waals surface area (Å²) in [7, 11) is -2.02. The van der Waals surface area contributed by atoms with E-state index in [1.807, 2.05) is 36.6 Å². The molecule has 4 aromatic rings. The van der Waals surface area contributed by atoms with Gasteiger partial charge in [0.05, 0.1) is 12.0 Å². The third-order valence-corrected chi connectivity index (χ3v) is 13.1.